The number of amides is 1. The minimum absolute atomic E-state index is 0.156. The summed E-state index contributed by atoms with van der Waals surface area (Å²) in [5, 5.41) is 7.03. The molecule has 3 nitrogen and oxygen atoms in total. The van der Waals surface area contributed by atoms with E-state index in [4.69, 9.17) is 23.2 Å². The van der Waals surface area contributed by atoms with Gasteiger partial charge in [-0.3, -0.25) is 4.79 Å². The second-order valence-electron chi connectivity index (χ2n) is 4.47. The van der Waals surface area contributed by atoms with Gasteiger partial charge in [0.25, 0.3) is 5.91 Å². The quantitative estimate of drug-likeness (QED) is 0.878. The van der Waals surface area contributed by atoms with E-state index >= 15 is 0 Å². The fourth-order valence-electron chi connectivity index (χ4n) is 2.08. The first-order valence-corrected chi connectivity index (χ1v) is 6.89. The molecule has 98 valence electrons. The highest BCUT2D eigenvalue weighted by atomic mass is 35.5. The number of halogens is 2. The summed E-state index contributed by atoms with van der Waals surface area (Å²) in [4.78, 5) is 12.1. The van der Waals surface area contributed by atoms with Gasteiger partial charge in [-0.25, -0.2) is 0 Å². The van der Waals surface area contributed by atoms with E-state index in [-0.39, 0.29) is 11.9 Å². The molecule has 1 aliphatic rings. The molecule has 1 aliphatic heterocycles. The normalized spacial score (nSPS) is 20.2. The Morgan fingerprint density at radius 3 is 3.00 bits per heavy atom. The molecule has 1 atom stereocenters. The van der Waals surface area contributed by atoms with Gasteiger partial charge in [0.1, 0.15) is 0 Å². The summed E-state index contributed by atoms with van der Waals surface area (Å²) < 4.78 is 0. The van der Waals surface area contributed by atoms with Crippen LogP contribution in [0.25, 0.3) is 0 Å². The van der Waals surface area contributed by atoms with Crippen molar-refractivity contribution in [2.45, 2.75) is 25.3 Å². The zero-order valence-corrected chi connectivity index (χ0v) is 11.5. The Morgan fingerprint density at radius 1 is 1.33 bits per heavy atom. The highest BCUT2D eigenvalue weighted by Crippen LogP contribution is 2.25. The van der Waals surface area contributed by atoms with Crippen LogP contribution < -0.4 is 10.6 Å². The predicted molar refractivity (Wildman–Crippen MR) is 74.4 cm³/mol. The molecule has 0 aromatic heterocycles. The third kappa shape index (κ3) is 3.37. The van der Waals surface area contributed by atoms with Crippen molar-refractivity contribution in [2.75, 3.05) is 13.1 Å². The zero-order valence-electron chi connectivity index (χ0n) is 10.0. The maximum Gasteiger partial charge on any atom is 0.253 e. The van der Waals surface area contributed by atoms with Crippen LogP contribution in [0.1, 0.15) is 29.6 Å². The van der Waals surface area contributed by atoms with E-state index in [1.165, 1.54) is 0 Å². The molecular weight excluding hydrogens is 271 g/mol. The third-order valence-electron chi connectivity index (χ3n) is 3.08. The summed E-state index contributed by atoms with van der Waals surface area (Å²) in [6.07, 6.45) is 3.28. The van der Waals surface area contributed by atoms with E-state index in [9.17, 15) is 4.79 Å². The summed E-state index contributed by atoms with van der Waals surface area (Å²) in [5.74, 6) is -0.156. The van der Waals surface area contributed by atoms with Gasteiger partial charge in [-0.15, -0.1) is 0 Å². The Labute approximate surface area is 117 Å². The van der Waals surface area contributed by atoms with E-state index < -0.39 is 0 Å². The molecule has 1 aromatic rings. The van der Waals surface area contributed by atoms with Gasteiger partial charge in [0.05, 0.1) is 15.6 Å². The number of nitrogens with one attached hydrogen (secondary N) is 2. The first-order valence-electron chi connectivity index (χ1n) is 6.14. The van der Waals surface area contributed by atoms with Crippen molar-refractivity contribution >= 4 is 29.1 Å². The van der Waals surface area contributed by atoms with E-state index in [0.29, 0.717) is 15.6 Å². The van der Waals surface area contributed by atoms with Crippen molar-refractivity contribution in [3.63, 3.8) is 0 Å². The fraction of sp³-hybridized carbons (Fsp3) is 0.462. The van der Waals surface area contributed by atoms with Gasteiger partial charge < -0.3 is 10.6 Å². The van der Waals surface area contributed by atoms with Crippen LogP contribution in [0, 0.1) is 0 Å². The molecule has 5 heteroatoms. The smallest absolute Gasteiger partial charge is 0.253 e. The van der Waals surface area contributed by atoms with Crippen LogP contribution in [0.5, 0.6) is 0 Å². The van der Waals surface area contributed by atoms with Gasteiger partial charge >= 0.3 is 0 Å². The minimum Gasteiger partial charge on any atom is -0.348 e. The van der Waals surface area contributed by atoms with Crippen LogP contribution in [0.2, 0.25) is 10.0 Å². The largest absolute Gasteiger partial charge is 0.348 e. The average Bonchev–Trinajstić information content (AvgIpc) is 2.61. The van der Waals surface area contributed by atoms with Crippen molar-refractivity contribution in [1.29, 1.82) is 0 Å². The molecule has 1 fully saturated rings. The Kier molecular flexibility index (Phi) is 4.87. The Hall–Kier alpha value is -0.770. The first kappa shape index (κ1) is 13.7. The van der Waals surface area contributed by atoms with Crippen molar-refractivity contribution in [1.82, 2.24) is 10.6 Å². The molecular formula is C13H16Cl2N2O. The second-order valence-corrected chi connectivity index (χ2v) is 5.26. The Bertz CT molecular complexity index is 429. The molecule has 1 heterocycles. The molecule has 1 amide bonds. The number of hydrogen-bond acceptors (Lipinski definition) is 2. The number of hydrogen-bond donors (Lipinski definition) is 2. The van der Waals surface area contributed by atoms with Crippen LogP contribution in [-0.4, -0.2) is 25.0 Å². The molecule has 2 rings (SSSR count). The summed E-state index contributed by atoms with van der Waals surface area (Å²) >= 11 is 11.9. The van der Waals surface area contributed by atoms with Gasteiger partial charge in [0.2, 0.25) is 0 Å². The van der Waals surface area contributed by atoms with Crippen LogP contribution >= 0.6 is 23.2 Å². The van der Waals surface area contributed by atoms with Crippen molar-refractivity contribution in [3.05, 3.63) is 33.8 Å². The molecule has 18 heavy (non-hydrogen) atoms. The van der Waals surface area contributed by atoms with E-state index in [1.807, 2.05) is 0 Å². The molecule has 1 aromatic carbocycles. The topological polar surface area (TPSA) is 41.1 Å². The summed E-state index contributed by atoms with van der Waals surface area (Å²) in [6.45, 7) is 1.83. The van der Waals surface area contributed by atoms with Crippen LogP contribution in [0.3, 0.4) is 0 Å². The van der Waals surface area contributed by atoms with Gasteiger partial charge in [-0.1, -0.05) is 35.7 Å². The highest BCUT2D eigenvalue weighted by molar-refractivity contribution is 6.43. The monoisotopic (exact) mass is 286 g/mol. The van der Waals surface area contributed by atoms with Crippen molar-refractivity contribution < 1.29 is 4.79 Å². The van der Waals surface area contributed by atoms with Crippen LogP contribution in [0.15, 0.2) is 18.2 Å². The fourth-order valence-corrected chi connectivity index (χ4v) is 2.47. The Balaban J connectivity index is 2.04. The molecule has 2 N–H and O–H groups in total. The lowest BCUT2D eigenvalue weighted by Crippen LogP contribution is -2.40. The molecule has 0 radical (unpaired) electrons. The van der Waals surface area contributed by atoms with Crippen LogP contribution in [-0.2, 0) is 0 Å². The van der Waals surface area contributed by atoms with Crippen molar-refractivity contribution in [3.8, 4) is 0 Å². The average molecular weight is 287 g/mol. The zero-order chi connectivity index (χ0) is 13.0. The van der Waals surface area contributed by atoms with E-state index in [1.54, 1.807) is 18.2 Å². The maximum atomic E-state index is 12.1. The predicted octanol–water partition coefficient (Wildman–Crippen LogP) is 2.87. The number of carbonyl (C=O) groups excluding carboxylic acids is 1. The lowest BCUT2D eigenvalue weighted by molar-refractivity contribution is 0.0935. The second kappa shape index (κ2) is 6.41. The van der Waals surface area contributed by atoms with Gasteiger partial charge in [-0.2, -0.15) is 0 Å². The SMILES string of the molecule is O=C(NC1CCCCNC1)c1cccc(Cl)c1Cl. The number of benzene rings is 1. The molecule has 1 saturated heterocycles. The minimum atomic E-state index is -0.156. The number of carbonyl (C=O) groups is 1. The van der Waals surface area contributed by atoms with Crippen LogP contribution in [0.4, 0.5) is 0 Å². The lowest BCUT2D eigenvalue weighted by atomic mass is 10.1. The summed E-state index contributed by atoms with van der Waals surface area (Å²) in [7, 11) is 0. The maximum absolute atomic E-state index is 12.1. The lowest BCUT2D eigenvalue weighted by Gasteiger charge is -2.17. The standard InChI is InChI=1S/C13H16Cl2N2O/c14-11-6-3-5-10(12(11)15)13(18)17-9-4-1-2-7-16-8-9/h3,5-6,9,16H,1-2,4,7-8H2,(H,17,18). The molecule has 0 aliphatic carbocycles. The molecule has 1 unspecified atom stereocenters. The summed E-state index contributed by atoms with van der Waals surface area (Å²) in [5.41, 5.74) is 0.438. The van der Waals surface area contributed by atoms with Crippen molar-refractivity contribution in [2.24, 2.45) is 0 Å². The Morgan fingerprint density at radius 2 is 2.17 bits per heavy atom. The molecule has 0 bridgehead atoms. The summed E-state index contributed by atoms with van der Waals surface area (Å²) in [6, 6.07) is 5.26. The first-order chi connectivity index (χ1) is 8.68. The van der Waals surface area contributed by atoms with Gasteiger partial charge in [0, 0.05) is 12.6 Å². The van der Waals surface area contributed by atoms with Gasteiger partial charge in [-0.05, 0) is 31.5 Å². The molecule has 0 spiro atoms. The van der Waals surface area contributed by atoms with E-state index in [2.05, 4.69) is 10.6 Å². The van der Waals surface area contributed by atoms with Gasteiger partial charge in [0.15, 0.2) is 0 Å². The number of rotatable bonds is 2. The highest BCUT2D eigenvalue weighted by Gasteiger charge is 2.18. The molecule has 0 saturated carbocycles. The van der Waals surface area contributed by atoms with E-state index in [0.717, 1.165) is 32.4 Å². The third-order valence-corrected chi connectivity index (χ3v) is 3.90.